The zero-order valence-corrected chi connectivity index (χ0v) is 20.4. The van der Waals surface area contributed by atoms with Gasteiger partial charge in [0.15, 0.2) is 10.9 Å². The molecule has 180 valence electrons. The molecule has 4 aliphatic carbocycles. The van der Waals surface area contributed by atoms with Crippen molar-refractivity contribution in [2.24, 2.45) is 28.6 Å². The smallest absolute Gasteiger partial charge is 0.258 e. The van der Waals surface area contributed by atoms with Gasteiger partial charge in [0, 0.05) is 18.0 Å². The maximum atomic E-state index is 13.5. The fourth-order valence-electron chi connectivity index (χ4n) is 8.09. The lowest BCUT2D eigenvalue weighted by molar-refractivity contribution is -0.178. The highest BCUT2D eigenvalue weighted by molar-refractivity contribution is 7.21. The molecule has 3 N–H and O–H groups in total. The van der Waals surface area contributed by atoms with Gasteiger partial charge in [0.05, 0.1) is 6.10 Å². The number of ketones is 1. The molecule has 0 radical (unpaired) electrons. The van der Waals surface area contributed by atoms with Crippen LogP contribution in [0.4, 0.5) is 5.13 Å². The topological polar surface area (TPSA) is 112 Å². The number of aromatic nitrogens is 2. The molecule has 3 saturated carbocycles. The third kappa shape index (κ3) is 2.94. The highest BCUT2D eigenvalue weighted by Gasteiger charge is 2.68. The van der Waals surface area contributed by atoms with Crippen molar-refractivity contribution in [3.8, 4) is 0 Å². The van der Waals surface area contributed by atoms with Crippen LogP contribution in [0.25, 0.3) is 10.3 Å². The Kier molecular flexibility index (Phi) is 4.87. The van der Waals surface area contributed by atoms with E-state index in [2.05, 4.69) is 22.2 Å². The highest BCUT2D eigenvalue weighted by Crippen LogP contribution is 2.67. The van der Waals surface area contributed by atoms with Crippen LogP contribution < -0.4 is 5.32 Å². The van der Waals surface area contributed by atoms with Gasteiger partial charge in [-0.1, -0.05) is 30.8 Å². The minimum atomic E-state index is -1.57. The summed E-state index contributed by atoms with van der Waals surface area (Å²) in [4.78, 5) is 35.1. The number of carbonyl (C=O) groups is 2. The summed E-state index contributed by atoms with van der Waals surface area (Å²) in [5, 5.41) is 26.7. The maximum Gasteiger partial charge on any atom is 0.258 e. The standard InChI is InChI=1S/C26H31N3O4S/c1-24-9-7-15(30)12-14(24)5-6-16-17-8-10-26(33,25(17,2)13-19(31)20(16)24)22(32)29-23-28-18-4-3-11-27-21(18)34-23/h3-4,11-12,16-17,19-20,31,33H,5-10,13H2,1-2H3,(H,28,29,32)/t16?,17?,19?,20?,24?,25?,26-/m0/s1. The Labute approximate surface area is 202 Å². The largest absolute Gasteiger partial charge is 0.393 e. The number of carbonyl (C=O) groups excluding carboxylic acids is 2. The number of amides is 1. The van der Waals surface area contributed by atoms with Gasteiger partial charge in [-0.2, -0.15) is 0 Å². The first kappa shape index (κ1) is 22.3. The molecule has 7 atom stereocenters. The van der Waals surface area contributed by atoms with Gasteiger partial charge in [0.1, 0.15) is 15.9 Å². The van der Waals surface area contributed by atoms with Crippen molar-refractivity contribution in [3.63, 3.8) is 0 Å². The van der Waals surface area contributed by atoms with E-state index in [1.807, 2.05) is 19.1 Å². The third-order valence-electron chi connectivity index (χ3n) is 9.81. The molecule has 0 spiro atoms. The Morgan fingerprint density at radius 1 is 1.24 bits per heavy atom. The van der Waals surface area contributed by atoms with Gasteiger partial charge in [-0.25, -0.2) is 9.97 Å². The van der Waals surface area contributed by atoms with E-state index < -0.39 is 23.0 Å². The number of fused-ring (bicyclic) bond motifs is 6. The Balaban J connectivity index is 1.30. The number of allylic oxidation sites excluding steroid dienone is 1. The quantitative estimate of drug-likeness (QED) is 0.600. The number of anilines is 1. The summed E-state index contributed by atoms with van der Waals surface area (Å²) in [5.74, 6) is 0.174. The molecule has 2 aromatic heterocycles. The van der Waals surface area contributed by atoms with Crippen molar-refractivity contribution < 1.29 is 19.8 Å². The van der Waals surface area contributed by atoms with Crippen molar-refractivity contribution in [3.05, 3.63) is 30.0 Å². The normalized spacial score (nSPS) is 41.4. The minimum Gasteiger partial charge on any atom is -0.393 e. The summed E-state index contributed by atoms with van der Waals surface area (Å²) in [5.41, 5.74) is -0.591. The predicted octanol–water partition coefficient (Wildman–Crippen LogP) is 3.86. The molecule has 6 unspecified atom stereocenters. The molecule has 0 aromatic carbocycles. The van der Waals surface area contributed by atoms with E-state index in [9.17, 15) is 19.8 Å². The minimum absolute atomic E-state index is 0.0550. The predicted molar refractivity (Wildman–Crippen MR) is 129 cm³/mol. The second kappa shape index (κ2) is 7.42. The van der Waals surface area contributed by atoms with Crippen LogP contribution in [0.5, 0.6) is 0 Å². The fraction of sp³-hybridized carbons (Fsp3) is 0.615. The summed E-state index contributed by atoms with van der Waals surface area (Å²) in [7, 11) is 0. The SMILES string of the molecule is CC12CCC(=O)C=C1CCC1C2C(O)CC2(C)C1CC[C@]2(O)C(=O)Nc1nc2cccnc2s1. The zero-order valence-electron chi connectivity index (χ0n) is 19.6. The first-order valence-electron chi connectivity index (χ1n) is 12.3. The summed E-state index contributed by atoms with van der Waals surface area (Å²) < 4.78 is 0. The van der Waals surface area contributed by atoms with Crippen LogP contribution in [0.15, 0.2) is 30.0 Å². The van der Waals surface area contributed by atoms with Crippen molar-refractivity contribution in [2.75, 3.05) is 5.32 Å². The van der Waals surface area contributed by atoms with E-state index in [4.69, 9.17) is 0 Å². The Hall–Kier alpha value is -2.16. The van der Waals surface area contributed by atoms with E-state index in [-0.39, 0.29) is 29.0 Å². The molecule has 7 nitrogen and oxygen atoms in total. The summed E-state index contributed by atoms with van der Waals surface area (Å²) in [6.07, 6.45) is 7.43. The molecule has 4 aliphatic rings. The molecular weight excluding hydrogens is 450 g/mol. The lowest BCUT2D eigenvalue weighted by Crippen LogP contribution is -2.62. The summed E-state index contributed by atoms with van der Waals surface area (Å²) in [6, 6.07) is 3.65. The van der Waals surface area contributed by atoms with Crippen molar-refractivity contribution in [1.82, 2.24) is 9.97 Å². The number of aliphatic hydroxyl groups excluding tert-OH is 1. The van der Waals surface area contributed by atoms with Gasteiger partial charge in [-0.05, 0) is 79.9 Å². The van der Waals surface area contributed by atoms with Crippen LogP contribution in [0.3, 0.4) is 0 Å². The first-order chi connectivity index (χ1) is 16.2. The van der Waals surface area contributed by atoms with Gasteiger partial charge >= 0.3 is 0 Å². The van der Waals surface area contributed by atoms with Crippen molar-refractivity contribution in [1.29, 1.82) is 0 Å². The average Bonchev–Trinajstić information content (AvgIpc) is 3.32. The molecule has 1 amide bonds. The number of hydrogen-bond donors (Lipinski definition) is 3. The number of thiazole rings is 1. The molecule has 2 aromatic rings. The first-order valence-corrected chi connectivity index (χ1v) is 13.1. The van der Waals surface area contributed by atoms with Crippen LogP contribution in [0.1, 0.15) is 58.8 Å². The molecule has 0 bridgehead atoms. The molecular formula is C26H31N3O4S. The van der Waals surface area contributed by atoms with Gasteiger partial charge in [-0.3, -0.25) is 14.9 Å². The van der Waals surface area contributed by atoms with Gasteiger partial charge in [0.2, 0.25) is 0 Å². The van der Waals surface area contributed by atoms with Crippen molar-refractivity contribution >= 4 is 38.5 Å². The van der Waals surface area contributed by atoms with E-state index in [0.717, 1.165) is 30.5 Å². The number of aliphatic hydroxyl groups is 2. The second-order valence-corrected chi connectivity index (χ2v) is 12.3. The zero-order chi connectivity index (χ0) is 23.9. The molecule has 3 fully saturated rings. The van der Waals surface area contributed by atoms with Gasteiger partial charge in [-0.15, -0.1) is 0 Å². The van der Waals surface area contributed by atoms with Crippen LogP contribution in [0, 0.1) is 28.6 Å². The fourth-order valence-corrected chi connectivity index (χ4v) is 8.89. The third-order valence-corrected chi connectivity index (χ3v) is 10.7. The van der Waals surface area contributed by atoms with E-state index in [1.165, 1.54) is 16.9 Å². The van der Waals surface area contributed by atoms with E-state index >= 15 is 0 Å². The van der Waals surface area contributed by atoms with Crippen LogP contribution in [-0.4, -0.2) is 43.6 Å². The average molecular weight is 482 g/mol. The van der Waals surface area contributed by atoms with Crippen LogP contribution in [0.2, 0.25) is 0 Å². The molecule has 34 heavy (non-hydrogen) atoms. The summed E-state index contributed by atoms with van der Waals surface area (Å²) >= 11 is 1.29. The molecule has 6 rings (SSSR count). The van der Waals surface area contributed by atoms with Crippen molar-refractivity contribution in [2.45, 2.75) is 70.5 Å². The molecule has 2 heterocycles. The molecule has 8 heteroatoms. The summed E-state index contributed by atoms with van der Waals surface area (Å²) in [6.45, 7) is 4.20. The monoisotopic (exact) mass is 481 g/mol. The van der Waals surface area contributed by atoms with Crippen LogP contribution in [-0.2, 0) is 9.59 Å². The lowest BCUT2D eigenvalue weighted by atomic mass is 9.45. The second-order valence-electron chi connectivity index (χ2n) is 11.3. The maximum absolute atomic E-state index is 13.5. The number of pyridine rings is 1. The Morgan fingerprint density at radius 3 is 2.85 bits per heavy atom. The van der Waals surface area contributed by atoms with Crippen LogP contribution >= 0.6 is 11.3 Å². The molecule has 0 aliphatic heterocycles. The van der Waals surface area contributed by atoms with E-state index in [0.29, 0.717) is 29.9 Å². The molecule has 0 saturated heterocycles. The van der Waals surface area contributed by atoms with E-state index in [1.54, 1.807) is 12.3 Å². The number of hydrogen-bond acceptors (Lipinski definition) is 7. The van der Waals surface area contributed by atoms with Gasteiger partial charge in [0.25, 0.3) is 5.91 Å². The Morgan fingerprint density at radius 2 is 2.06 bits per heavy atom. The number of nitrogens with one attached hydrogen (secondary N) is 1. The van der Waals surface area contributed by atoms with Gasteiger partial charge < -0.3 is 10.2 Å². The highest BCUT2D eigenvalue weighted by atomic mass is 32.1. The Bertz CT molecular complexity index is 1190. The number of nitrogens with zero attached hydrogens (tertiary/aromatic N) is 2. The number of rotatable bonds is 2. The lowest BCUT2D eigenvalue weighted by Gasteiger charge is -2.60.